The van der Waals surface area contributed by atoms with Gasteiger partial charge in [-0.2, -0.15) is 0 Å². The summed E-state index contributed by atoms with van der Waals surface area (Å²) in [5.74, 6) is -1.37. The normalized spacial score (nSPS) is 18.5. The highest BCUT2D eigenvalue weighted by atomic mass is 35.5. The fraction of sp³-hybridized carbons (Fsp3) is 0.235. The van der Waals surface area contributed by atoms with Crippen molar-refractivity contribution < 1.29 is 19.1 Å². The molecule has 25 heavy (non-hydrogen) atoms. The highest BCUT2D eigenvalue weighted by molar-refractivity contribution is 6.30. The maximum Gasteiger partial charge on any atom is 0.320 e. The van der Waals surface area contributed by atoms with Crippen LogP contribution in [-0.2, 0) is 0 Å². The number of hydrogen-bond acceptors (Lipinski definition) is 4. The van der Waals surface area contributed by atoms with Crippen molar-refractivity contribution in [2.75, 3.05) is 5.32 Å². The van der Waals surface area contributed by atoms with Crippen LogP contribution in [-0.4, -0.2) is 27.9 Å². The second-order valence-electron chi connectivity index (χ2n) is 5.82. The van der Waals surface area contributed by atoms with E-state index in [0.717, 1.165) is 6.07 Å². The number of nitrogens with zero attached hydrogens (tertiary/aromatic N) is 1. The Bertz CT molecular complexity index is 842. The zero-order chi connectivity index (χ0) is 18.1. The van der Waals surface area contributed by atoms with E-state index in [1.54, 1.807) is 12.1 Å². The van der Waals surface area contributed by atoms with E-state index in [1.807, 2.05) is 0 Å². The minimum absolute atomic E-state index is 0.0580. The topological polar surface area (TPSA) is 91.3 Å². The van der Waals surface area contributed by atoms with E-state index in [1.165, 1.54) is 19.2 Å². The van der Waals surface area contributed by atoms with Gasteiger partial charge in [-0.15, -0.1) is 0 Å². The lowest BCUT2D eigenvalue weighted by Gasteiger charge is -2.10. The first-order valence-corrected chi connectivity index (χ1v) is 7.96. The zero-order valence-electron chi connectivity index (χ0n) is 13.2. The number of urea groups is 1. The molecule has 1 saturated carbocycles. The van der Waals surface area contributed by atoms with E-state index >= 15 is 0 Å². The van der Waals surface area contributed by atoms with Crippen molar-refractivity contribution in [3.8, 4) is 5.75 Å². The maximum absolute atomic E-state index is 14.1. The van der Waals surface area contributed by atoms with Crippen molar-refractivity contribution in [3.63, 3.8) is 0 Å². The molecule has 0 radical (unpaired) electrons. The van der Waals surface area contributed by atoms with Crippen LogP contribution >= 0.6 is 11.6 Å². The summed E-state index contributed by atoms with van der Waals surface area (Å²) in [5.41, 5.74) is 0.125. The number of phenolic OH excluding ortho intramolecular Hbond substituents is 1. The van der Waals surface area contributed by atoms with Crippen LogP contribution < -0.4 is 10.6 Å². The van der Waals surface area contributed by atoms with Crippen LogP contribution in [0.3, 0.4) is 0 Å². The molecule has 6 nitrogen and oxygen atoms in total. The molecular formula is C17H15ClFN3O3. The average Bonchev–Trinajstić information content (AvgIpc) is 3.27. The van der Waals surface area contributed by atoms with Gasteiger partial charge in [-0.3, -0.25) is 10.1 Å². The Kier molecular flexibility index (Phi) is 4.59. The second kappa shape index (κ2) is 6.68. The van der Waals surface area contributed by atoms with Crippen molar-refractivity contribution in [2.24, 2.45) is 0 Å². The molecule has 3 N–H and O–H groups in total. The third-order valence-electron chi connectivity index (χ3n) is 3.99. The quantitative estimate of drug-likeness (QED) is 0.725. The largest absolute Gasteiger partial charge is 0.507 e. The summed E-state index contributed by atoms with van der Waals surface area (Å²) >= 11 is 5.72. The van der Waals surface area contributed by atoms with Gasteiger partial charge in [0.25, 0.3) is 0 Å². The van der Waals surface area contributed by atoms with Gasteiger partial charge in [0.2, 0.25) is 0 Å². The molecule has 1 aliphatic rings. The number of ketones is 1. The minimum atomic E-state index is -0.600. The molecule has 2 aromatic rings. The molecule has 2 atom stereocenters. The number of carbonyl (C=O) groups is 2. The maximum atomic E-state index is 14.1. The number of aromatic nitrogens is 1. The highest BCUT2D eigenvalue weighted by Gasteiger charge is 2.43. The first-order chi connectivity index (χ1) is 11.9. The Balaban J connectivity index is 1.67. The van der Waals surface area contributed by atoms with Gasteiger partial charge in [0.1, 0.15) is 17.4 Å². The Hall–Kier alpha value is -2.67. The van der Waals surface area contributed by atoms with Crippen LogP contribution in [0.15, 0.2) is 30.5 Å². The first kappa shape index (κ1) is 17.2. The van der Waals surface area contributed by atoms with Crippen LogP contribution in [0.2, 0.25) is 5.02 Å². The van der Waals surface area contributed by atoms with Crippen LogP contribution in [0.25, 0.3) is 0 Å². The molecule has 1 aromatic carbocycles. The van der Waals surface area contributed by atoms with E-state index in [0.29, 0.717) is 17.3 Å². The van der Waals surface area contributed by atoms with E-state index in [9.17, 15) is 19.1 Å². The Morgan fingerprint density at radius 1 is 1.32 bits per heavy atom. The second-order valence-corrected chi connectivity index (χ2v) is 6.26. The number of Topliss-reactive ketones (excluding diaryl/α,β-unsaturated/α-hetero) is 1. The SMILES string of the molecule is CC(=O)c1ccc(F)c(C2CC2NC(=O)Nc2ccc(Cl)cn2)c1O. The molecular weight excluding hydrogens is 349 g/mol. The van der Waals surface area contributed by atoms with Crippen LogP contribution in [0.1, 0.15) is 35.2 Å². The van der Waals surface area contributed by atoms with Gasteiger partial charge in [0, 0.05) is 23.7 Å². The average molecular weight is 364 g/mol. The number of hydrogen-bond donors (Lipinski definition) is 3. The third kappa shape index (κ3) is 3.71. The standard InChI is InChI=1S/C17H15ClFN3O3/c1-8(23)10-3-4-12(19)15(16(10)24)11-6-13(11)21-17(25)22-14-5-2-9(18)7-20-14/h2-5,7,11,13,24H,6H2,1H3,(H2,20,21,22,25). The van der Waals surface area contributed by atoms with Crippen molar-refractivity contribution in [1.29, 1.82) is 0 Å². The van der Waals surface area contributed by atoms with E-state index < -0.39 is 11.8 Å². The fourth-order valence-corrected chi connectivity index (χ4v) is 2.78. The molecule has 1 heterocycles. The third-order valence-corrected chi connectivity index (χ3v) is 4.21. The van der Waals surface area contributed by atoms with Gasteiger partial charge < -0.3 is 10.4 Å². The summed E-state index contributed by atoms with van der Waals surface area (Å²) in [6, 6.07) is 4.71. The predicted molar refractivity (Wildman–Crippen MR) is 90.6 cm³/mol. The lowest BCUT2D eigenvalue weighted by molar-refractivity contribution is 0.101. The number of halogens is 2. The first-order valence-electron chi connectivity index (χ1n) is 7.58. The van der Waals surface area contributed by atoms with E-state index in [4.69, 9.17) is 11.6 Å². The molecule has 1 aromatic heterocycles. The van der Waals surface area contributed by atoms with Gasteiger partial charge >= 0.3 is 6.03 Å². The van der Waals surface area contributed by atoms with Gasteiger partial charge in [-0.1, -0.05) is 11.6 Å². The number of nitrogens with one attached hydrogen (secondary N) is 2. The van der Waals surface area contributed by atoms with Crippen LogP contribution in [0.5, 0.6) is 5.75 Å². The van der Waals surface area contributed by atoms with E-state index in [2.05, 4.69) is 15.6 Å². The Morgan fingerprint density at radius 3 is 2.72 bits per heavy atom. The minimum Gasteiger partial charge on any atom is -0.507 e. The number of aromatic hydroxyl groups is 1. The molecule has 1 fully saturated rings. The Labute approximate surface area is 148 Å². The molecule has 0 spiro atoms. The molecule has 2 unspecified atom stereocenters. The number of rotatable bonds is 4. The monoisotopic (exact) mass is 363 g/mol. The molecule has 0 aliphatic heterocycles. The van der Waals surface area contributed by atoms with E-state index in [-0.39, 0.29) is 34.6 Å². The lowest BCUT2D eigenvalue weighted by atomic mass is 10.0. The molecule has 2 amide bonds. The summed E-state index contributed by atoms with van der Waals surface area (Å²) in [7, 11) is 0. The summed E-state index contributed by atoms with van der Waals surface area (Å²) in [5, 5.41) is 15.8. The summed E-state index contributed by atoms with van der Waals surface area (Å²) < 4.78 is 14.1. The highest BCUT2D eigenvalue weighted by Crippen LogP contribution is 2.46. The molecule has 0 bridgehead atoms. The van der Waals surface area contributed by atoms with Crippen molar-refractivity contribution >= 4 is 29.2 Å². The summed E-state index contributed by atoms with van der Waals surface area (Å²) in [4.78, 5) is 27.4. The van der Waals surface area contributed by atoms with Crippen molar-refractivity contribution in [2.45, 2.75) is 25.3 Å². The number of benzene rings is 1. The van der Waals surface area contributed by atoms with Crippen molar-refractivity contribution in [3.05, 3.63) is 52.4 Å². The number of anilines is 1. The molecule has 8 heteroatoms. The van der Waals surface area contributed by atoms with Crippen molar-refractivity contribution in [1.82, 2.24) is 10.3 Å². The van der Waals surface area contributed by atoms with Gasteiger partial charge in [-0.05, 0) is 37.6 Å². The van der Waals surface area contributed by atoms with Gasteiger partial charge in [0.05, 0.1) is 10.6 Å². The van der Waals surface area contributed by atoms with Crippen LogP contribution in [0.4, 0.5) is 15.0 Å². The zero-order valence-corrected chi connectivity index (χ0v) is 14.0. The molecule has 3 rings (SSSR count). The molecule has 1 aliphatic carbocycles. The smallest absolute Gasteiger partial charge is 0.320 e. The molecule has 130 valence electrons. The fourth-order valence-electron chi connectivity index (χ4n) is 2.66. The number of phenols is 1. The summed E-state index contributed by atoms with van der Waals surface area (Å²) in [6.45, 7) is 1.30. The van der Waals surface area contributed by atoms with Crippen LogP contribution in [0, 0.1) is 5.82 Å². The lowest BCUT2D eigenvalue weighted by Crippen LogP contribution is -2.31. The molecule has 0 saturated heterocycles. The number of pyridine rings is 1. The Morgan fingerprint density at radius 2 is 2.08 bits per heavy atom. The van der Waals surface area contributed by atoms with Gasteiger partial charge in [-0.25, -0.2) is 14.2 Å². The van der Waals surface area contributed by atoms with Gasteiger partial charge in [0.15, 0.2) is 5.78 Å². The predicted octanol–water partition coefficient (Wildman–Crippen LogP) is 3.46. The summed E-state index contributed by atoms with van der Waals surface area (Å²) in [6.07, 6.45) is 1.87. The number of carbonyl (C=O) groups excluding carboxylic acids is 2. The number of amides is 2.